The maximum atomic E-state index is 12.8. The molecule has 1 amide bonds. The molecule has 3 aromatic rings. The monoisotopic (exact) mass is 409 g/mol. The van der Waals surface area contributed by atoms with E-state index in [-0.39, 0.29) is 12.5 Å². The lowest BCUT2D eigenvalue weighted by molar-refractivity contribution is -0.130. The SMILES string of the molecule is C=CCN(CC=C)C(=O)Cn1c(-c2ccc(Br)cc2)nc2ccccc21. The van der Waals surface area contributed by atoms with E-state index in [9.17, 15) is 4.79 Å². The van der Waals surface area contributed by atoms with Gasteiger partial charge in [-0.25, -0.2) is 4.98 Å². The molecule has 0 N–H and O–H groups in total. The highest BCUT2D eigenvalue weighted by atomic mass is 79.9. The van der Waals surface area contributed by atoms with Gasteiger partial charge in [-0.15, -0.1) is 13.2 Å². The van der Waals surface area contributed by atoms with E-state index < -0.39 is 0 Å². The van der Waals surface area contributed by atoms with Gasteiger partial charge in [0.05, 0.1) is 11.0 Å². The fraction of sp³-hybridized carbons (Fsp3) is 0.143. The molecule has 4 nitrogen and oxygen atoms in total. The Morgan fingerprint density at radius 3 is 2.38 bits per heavy atom. The van der Waals surface area contributed by atoms with Crippen molar-refractivity contribution in [1.82, 2.24) is 14.5 Å². The second-order valence-corrected chi connectivity index (χ2v) is 6.81. The Hall–Kier alpha value is -2.66. The zero-order valence-electron chi connectivity index (χ0n) is 14.4. The maximum absolute atomic E-state index is 12.8. The first-order valence-corrected chi connectivity index (χ1v) is 9.14. The number of fused-ring (bicyclic) bond motifs is 1. The summed E-state index contributed by atoms with van der Waals surface area (Å²) in [5, 5.41) is 0. The average molecular weight is 410 g/mol. The number of hydrogen-bond donors (Lipinski definition) is 0. The van der Waals surface area contributed by atoms with E-state index >= 15 is 0 Å². The second kappa shape index (κ2) is 8.15. The quantitative estimate of drug-likeness (QED) is 0.531. The zero-order valence-corrected chi connectivity index (χ0v) is 16.0. The van der Waals surface area contributed by atoms with Gasteiger partial charge in [0.25, 0.3) is 0 Å². The fourth-order valence-electron chi connectivity index (χ4n) is 2.88. The third-order valence-electron chi connectivity index (χ3n) is 4.10. The average Bonchev–Trinajstić information content (AvgIpc) is 3.01. The number of rotatable bonds is 7. The zero-order chi connectivity index (χ0) is 18.5. The van der Waals surface area contributed by atoms with Crippen LogP contribution in [0.3, 0.4) is 0 Å². The van der Waals surface area contributed by atoms with Crippen LogP contribution in [-0.4, -0.2) is 33.4 Å². The Morgan fingerprint density at radius 1 is 1.08 bits per heavy atom. The molecular formula is C21H20BrN3O. The summed E-state index contributed by atoms with van der Waals surface area (Å²) in [7, 11) is 0. The van der Waals surface area contributed by atoms with Gasteiger partial charge in [0.15, 0.2) is 0 Å². The summed E-state index contributed by atoms with van der Waals surface area (Å²) in [6.45, 7) is 8.67. The number of aromatic nitrogens is 2. The molecule has 5 heteroatoms. The topological polar surface area (TPSA) is 38.1 Å². The minimum atomic E-state index is 0.00585. The van der Waals surface area contributed by atoms with E-state index in [0.29, 0.717) is 13.1 Å². The van der Waals surface area contributed by atoms with E-state index in [1.807, 2.05) is 53.1 Å². The lowest BCUT2D eigenvalue weighted by Crippen LogP contribution is -2.34. The highest BCUT2D eigenvalue weighted by Gasteiger charge is 2.18. The summed E-state index contributed by atoms with van der Waals surface area (Å²) in [6, 6.07) is 15.8. The lowest BCUT2D eigenvalue weighted by atomic mass is 10.2. The first kappa shape index (κ1) is 18.1. The van der Waals surface area contributed by atoms with Crippen molar-refractivity contribution in [2.24, 2.45) is 0 Å². The number of para-hydroxylation sites is 2. The lowest BCUT2D eigenvalue weighted by Gasteiger charge is -2.20. The van der Waals surface area contributed by atoms with Crippen LogP contribution < -0.4 is 0 Å². The van der Waals surface area contributed by atoms with Gasteiger partial charge in [-0.2, -0.15) is 0 Å². The van der Waals surface area contributed by atoms with Crippen LogP contribution in [-0.2, 0) is 11.3 Å². The van der Waals surface area contributed by atoms with Crippen molar-refractivity contribution in [2.75, 3.05) is 13.1 Å². The molecule has 0 radical (unpaired) electrons. The Balaban J connectivity index is 2.04. The molecule has 0 aliphatic carbocycles. The summed E-state index contributed by atoms with van der Waals surface area (Å²) in [5.74, 6) is 0.788. The van der Waals surface area contributed by atoms with Crippen LogP contribution in [0.15, 0.2) is 78.3 Å². The molecule has 26 heavy (non-hydrogen) atoms. The molecule has 0 aliphatic heterocycles. The summed E-state index contributed by atoms with van der Waals surface area (Å²) >= 11 is 3.46. The van der Waals surface area contributed by atoms with E-state index in [1.54, 1.807) is 17.1 Å². The predicted molar refractivity (Wildman–Crippen MR) is 110 cm³/mol. The van der Waals surface area contributed by atoms with Gasteiger partial charge < -0.3 is 9.47 Å². The standard InChI is InChI=1S/C21H20BrN3O/c1-3-13-24(14-4-2)20(26)15-25-19-8-6-5-7-18(19)23-21(25)16-9-11-17(22)12-10-16/h3-12H,1-2,13-15H2. The van der Waals surface area contributed by atoms with Crippen LogP contribution in [0, 0.1) is 0 Å². The first-order valence-electron chi connectivity index (χ1n) is 8.35. The van der Waals surface area contributed by atoms with E-state index in [4.69, 9.17) is 4.98 Å². The molecule has 0 saturated heterocycles. The molecule has 2 aromatic carbocycles. The largest absolute Gasteiger partial charge is 0.334 e. The van der Waals surface area contributed by atoms with Crippen molar-refractivity contribution >= 4 is 32.9 Å². The number of hydrogen-bond acceptors (Lipinski definition) is 2. The summed E-state index contributed by atoms with van der Waals surface area (Å²) in [5.41, 5.74) is 2.78. The molecule has 0 unspecified atom stereocenters. The summed E-state index contributed by atoms with van der Waals surface area (Å²) in [4.78, 5) is 19.3. The van der Waals surface area contributed by atoms with Crippen molar-refractivity contribution in [3.63, 3.8) is 0 Å². The number of nitrogens with zero attached hydrogens (tertiary/aromatic N) is 3. The van der Waals surface area contributed by atoms with Gasteiger partial charge in [-0.3, -0.25) is 4.79 Å². The highest BCUT2D eigenvalue weighted by Crippen LogP contribution is 2.26. The van der Waals surface area contributed by atoms with Crippen LogP contribution in [0.5, 0.6) is 0 Å². The minimum Gasteiger partial charge on any atom is -0.334 e. The Bertz CT molecular complexity index is 934. The van der Waals surface area contributed by atoms with Gasteiger partial charge in [0.1, 0.15) is 12.4 Å². The smallest absolute Gasteiger partial charge is 0.243 e. The third-order valence-corrected chi connectivity index (χ3v) is 4.63. The fourth-order valence-corrected chi connectivity index (χ4v) is 3.14. The molecule has 0 saturated carbocycles. The summed E-state index contributed by atoms with van der Waals surface area (Å²) in [6.07, 6.45) is 3.45. The third kappa shape index (κ3) is 3.78. The normalized spacial score (nSPS) is 10.7. The second-order valence-electron chi connectivity index (χ2n) is 5.89. The van der Waals surface area contributed by atoms with Crippen LogP contribution >= 0.6 is 15.9 Å². The van der Waals surface area contributed by atoms with E-state index in [1.165, 1.54) is 0 Å². The maximum Gasteiger partial charge on any atom is 0.243 e. The summed E-state index contributed by atoms with van der Waals surface area (Å²) < 4.78 is 2.98. The Labute approximate surface area is 161 Å². The Kier molecular flexibility index (Phi) is 5.68. The first-order chi connectivity index (χ1) is 12.6. The van der Waals surface area contributed by atoms with Gasteiger partial charge in [-0.05, 0) is 24.3 Å². The number of halogens is 1. The number of amides is 1. The van der Waals surface area contributed by atoms with E-state index in [0.717, 1.165) is 26.9 Å². The van der Waals surface area contributed by atoms with Crippen molar-refractivity contribution in [3.8, 4) is 11.4 Å². The number of carbonyl (C=O) groups excluding carboxylic acids is 1. The molecule has 0 fully saturated rings. The number of imidazole rings is 1. The molecule has 1 aromatic heterocycles. The highest BCUT2D eigenvalue weighted by molar-refractivity contribution is 9.10. The van der Waals surface area contributed by atoms with Gasteiger partial charge >= 0.3 is 0 Å². The molecule has 1 heterocycles. The van der Waals surface area contributed by atoms with E-state index in [2.05, 4.69) is 29.1 Å². The molecule has 132 valence electrons. The Morgan fingerprint density at radius 2 is 1.73 bits per heavy atom. The molecule has 0 aliphatic rings. The molecule has 0 atom stereocenters. The van der Waals surface area contributed by atoms with Gasteiger partial charge in [0, 0.05) is 23.1 Å². The van der Waals surface area contributed by atoms with Gasteiger partial charge in [-0.1, -0.05) is 52.3 Å². The van der Waals surface area contributed by atoms with Crippen molar-refractivity contribution in [1.29, 1.82) is 0 Å². The van der Waals surface area contributed by atoms with Crippen molar-refractivity contribution in [2.45, 2.75) is 6.54 Å². The molecule has 0 bridgehead atoms. The minimum absolute atomic E-state index is 0.00585. The van der Waals surface area contributed by atoms with Crippen LogP contribution in [0.2, 0.25) is 0 Å². The number of carbonyl (C=O) groups is 1. The molecule has 3 rings (SSSR count). The van der Waals surface area contributed by atoms with Crippen LogP contribution in [0.25, 0.3) is 22.4 Å². The molecular weight excluding hydrogens is 390 g/mol. The van der Waals surface area contributed by atoms with Crippen molar-refractivity contribution < 1.29 is 4.79 Å². The predicted octanol–water partition coefficient (Wildman–Crippen LogP) is 4.67. The van der Waals surface area contributed by atoms with Crippen LogP contribution in [0.1, 0.15) is 0 Å². The molecule has 0 spiro atoms. The number of benzene rings is 2. The van der Waals surface area contributed by atoms with Crippen molar-refractivity contribution in [3.05, 3.63) is 78.3 Å². The van der Waals surface area contributed by atoms with Crippen LogP contribution in [0.4, 0.5) is 0 Å². The van der Waals surface area contributed by atoms with Gasteiger partial charge in [0.2, 0.25) is 5.91 Å².